The zero-order valence-corrected chi connectivity index (χ0v) is 14.7. The molecule has 130 valence electrons. The maximum atomic E-state index is 14.1. The highest BCUT2D eigenvalue weighted by Crippen LogP contribution is 2.36. The molecule has 2 aromatic carbocycles. The standard InChI is InChI=1S/C21H18FN3O/c1-13-8-16(22)9-18-20(13)24-11-15(10-23)21(18)25-7-6-17-14(12-25)4-3-5-19(17)26-2/h3-5,8-9,11H,6-7,12H2,1-2H3. The summed E-state index contributed by atoms with van der Waals surface area (Å²) in [6.45, 7) is 3.22. The summed E-state index contributed by atoms with van der Waals surface area (Å²) in [7, 11) is 1.68. The van der Waals surface area contributed by atoms with Gasteiger partial charge in [0.15, 0.2) is 0 Å². The molecule has 0 amide bonds. The lowest BCUT2D eigenvalue weighted by Gasteiger charge is -2.32. The summed E-state index contributed by atoms with van der Waals surface area (Å²) < 4.78 is 19.5. The fraction of sp³-hybridized carbons (Fsp3) is 0.238. The van der Waals surface area contributed by atoms with Gasteiger partial charge < -0.3 is 9.64 Å². The first-order valence-electron chi connectivity index (χ1n) is 8.51. The Hall–Kier alpha value is -3.13. The molecule has 0 bridgehead atoms. The summed E-state index contributed by atoms with van der Waals surface area (Å²) in [4.78, 5) is 6.53. The van der Waals surface area contributed by atoms with Crippen LogP contribution in [0.4, 0.5) is 10.1 Å². The summed E-state index contributed by atoms with van der Waals surface area (Å²) in [6.07, 6.45) is 2.39. The quantitative estimate of drug-likeness (QED) is 0.699. The highest BCUT2D eigenvalue weighted by molar-refractivity contribution is 5.96. The number of pyridine rings is 1. The van der Waals surface area contributed by atoms with E-state index >= 15 is 0 Å². The van der Waals surface area contributed by atoms with Crippen LogP contribution in [0.25, 0.3) is 10.9 Å². The van der Waals surface area contributed by atoms with E-state index in [-0.39, 0.29) is 5.82 Å². The Morgan fingerprint density at radius 1 is 1.31 bits per heavy atom. The van der Waals surface area contributed by atoms with Gasteiger partial charge in [0.05, 0.1) is 23.9 Å². The van der Waals surface area contributed by atoms with Crippen LogP contribution < -0.4 is 9.64 Å². The number of hydrogen-bond donors (Lipinski definition) is 0. The molecule has 0 spiro atoms. The molecule has 1 aliphatic rings. The van der Waals surface area contributed by atoms with E-state index in [4.69, 9.17) is 4.74 Å². The van der Waals surface area contributed by atoms with Gasteiger partial charge in [-0.15, -0.1) is 0 Å². The number of rotatable bonds is 2. The van der Waals surface area contributed by atoms with Crippen LogP contribution in [-0.4, -0.2) is 18.6 Å². The van der Waals surface area contributed by atoms with Gasteiger partial charge in [-0.25, -0.2) is 4.39 Å². The van der Waals surface area contributed by atoms with Crippen LogP contribution >= 0.6 is 0 Å². The topological polar surface area (TPSA) is 49.1 Å². The monoisotopic (exact) mass is 347 g/mol. The van der Waals surface area contributed by atoms with Crippen molar-refractivity contribution in [2.45, 2.75) is 19.9 Å². The van der Waals surface area contributed by atoms with Crippen molar-refractivity contribution < 1.29 is 9.13 Å². The number of fused-ring (bicyclic) bond motifs is 2. The first-order chi connectivity index (χ1) is 12.6. The first kappa shape index (κ1) is 16.3. The van der Waals surface area contributed by atoms with Crippen molar-refractivity contribution in [1.29, 1.82) is 5.26 Å². The van der Waals surface area contributed by atoms with Crippen molar-refractivity contribution in [3.05, 3.63) is 64.6 Å². The molecule has 0 N–H and O–H groups in total. The number of ether oxygens (including phenoxy) is 1. The molecule has 4 rings (SSSR count). The second kappa shape index (κ2) is 6.30. The molecule has 0 aliphatic carbocycles. The molecule has 26 heavy (non-hydrogen) atoms. The van der Waals surface area contributed by atoms with E-state index in [1.54, 1.807) is 13.3 Å². The number of nitriles is 1. The average Bonchev–Trinajstić information content (AvgIpc) is 2.65. The van der Waals surface area contributed by atoms with Crippen molar-refractivity contribution in [3.8, 4) is 11.8 Å². The maximum Gasteiger partial charge on any atom is 0.124 e. The van der Waals surface area contributed by atoms with Gasteiger partial charge in [0.2, 0.25) is 0 Å². The van der Waals surface area contributed by atoms with Crippen LogP contribution in [0.5, 0.6) is 5.75 Å². The van der Waals surface area contributed by atoms with Gasteiger partial charge in [-0.2, -0.15) is 5.26 Å². The molecule has 1 aliphatic heterocycles. The first-order valence-corrected chi connectivity index (χ1v) is 8.51. The minimum absolute atomic E-state index is 0.313. The highest BCUT2D eigenvalue weighted by Gasteiger charge is 2.24. The van der Waals surface area contributed by atoms with Crippen molar-refractivity contribution in [3.63, 3.8) is 0 Å². The van der Waals surface area contributed by atoms with Crippen LogP contribution in [0.2, 0.25) is 0 Å². The molecule has 0 atom stereocenters. The smallest absolute Gasteiger partial charge is 0.124 e. The van der Waals surface area contributed by atoms with Crippen LogP contribution in [0, 0.1) is 24.1 Å². The summed E-state index contributed by atoms with van der Waals surface area (Å²) in [5.74, 6) is 0.580. The zero-order chi connectivity index (χ0) is 18.3. The van der Waals surface area contributed by atoms with E-state index in [1.807, 2.05) is 19.1 Å². The van der Waals surface area contributed by atoms with Crippen LogP contribution in [-0.2, 0) is 13.0 Å². The predicted octanol–water partition coefficient (Wildman–Crippen LogP) is 4.13. The third-order valence-corrected chi connectivity index (χ3v) is 4.98. The molecule has 2 heterocycles. The number of anilines is 1. The lowest BCUT2D eigenvalue weighted by atomic mass is 9.96. The van der Waals surface area contributed by atoms with Crippen molar-refractivity contribution in [1.82, 2.24) is 4.98 Å². The fourth-order valence-corrected chi connectivity index (χ4v) is 3.80. The lowest BCUT2D eigenvalue weighted by molar-refractivity contribution is 0.407. The van der Waals surface area contributed by atoms with E-state index in [2.05, 4.69) is 22.0 Å². The number of nitrogens with zero attached hydrogens (tertiary/aromatic N) is 3. The van der Waals surface area contributed by atoms with Crippen LogP contribution in [0.1, 0.15) is 22.3 Å². The molecule has 0 unspecified atom stereocenters. The Morgan fingerprint density at radius 2 is 2.15 bits per heavy atom. The number of aromatic nitrogens is 1. The van der Waals surface area contributed by atoms with Gasteiger partial charge in [-0.05, 0) is 42.7 Å². The van der Waals surface area contributed by atoms with Crippen molar-refractivity contribution in [2.24, 2.45) is 0 Å². The van der Waals surface area contributed by atoms with Gasteiger partial charge in [0.1, 0.15) is 17.6 Å². The van der Waals surface area contributed by atoms with E-state index < -0.39 is 0 Å². The lowest BCUT2D eigenvalue weighted by Crippen LogP contribution is -2.31. The molecule has 0 fully saturated rings. The molecule has 1 aromatic heterocycles. The SMILES string of the molecule is COc1cccc2c1CCN(c1c(C#N)cnc3c(C)cc(F)cc13)C2. The number of benzene rings is 2. The largest absolute Gasteiger partial charge is 0.496 e. The van der Waals surface area contributed by atoms with E-state index in [0.717, 1.165) is 41.0 Å². The average molecular weight is 347 g/mol. The fourth-order valence-electron chi connectivity index (χ4n) is 3.80. The molecule has 3 aromatic rings. The number of hydrogen-bond acceptors (Lipinski definition) is 4. The highest BCUT2D eigenvalue weighted by atomic mass is 19.1. The Kier molecular flexibility index (Phi) is 3.96. The van der Waals surface area contributed by atoms with Crippen LogP contribution in [0.15, 0.2) is 36.5 Å². The Labute approximate surface area is 151 Å². The molecule has 0 saturated carbocycles. The maximum absolute atomic E-state index is 14.1. The van der Waals surface area contributed by atoms with E-state index in [1.165, 1.54) is 17.7 Å². The minimum Gasteiger partial charge on any atom is -0.496 e. The van der Waals surface area contributed by atoms with Gasteiger partial charge in [-0.3, -0.25) is 4.98 Å². The zero-order valence-electron chi connectivity index (χ0n) is 14.7. The molecular weight excluding hydrogens is 329 g/mol. The summed E-state index contributed by atoms with van der Waals surface area (Å²) in [6, 6.07) is 11.2. The van der Waals surface area contributed by atoms with Gasteiger partial charge >= 0.3 is 0 Å². The molecule has 5 heteroatoms. The molecule has 0 radical (unpaired) electrons. The van der Waals surface area contributed by atoms with E-state index in [9.17, 15) is 9.65 Å². The second-order valence-electron chi connectivity index (χ2n) is 6.52. The van der Waals surface area contributed by atoms with Gasteiger partial charge in [0, 0.05) is 30.2 Å². The second-order valence-corrected chi connectivity index (χ2v) is 6.52. The Bertz CT molecular complexity index is 1060. The number of methoxy groups -OCH3 is 1. The normalized spacial score (nSPS) is 13.4. The number of aryl methyl sites for hydroxylation is 1. The van der Waals surface area contributed by atoms with Crippen LogP contribution in [0.3, 0.4) is 0 Å². The summed E-state index contributed by atoms with van der Waals surface area (Å²) >= 11 is 0. The van der Waals surface area contributed by atoms with Gasteiger partial charge in [-0.1, -0.05) is 12.1 Å². The van der Waals surface area contributed by atoms with E-state index in [0.29, 0.717) is 17.5 Å². The molecule has 0 saturated heterocycles. The van der Waals surface area contributed by atoms with Crippen molar-refractivity contribution in [2.75, 3.05) is 18.6 Å². The Balaban J connectivity index is 1.88. The molecule has 4 nitrogen and oxygen atoms in total. The summed E-state index contributed by atoms with van der Waals surface area (Å²) in [5, 5.41) is 10.3. The third kappa shape index (κ3) is 2.55. The minimum atomic E-state index is -0.313. The predicted molar refractivity (Wildman–Crippen MR) is 98.9 cm³/mol. The summed E-state index contributed by atoms with van der Waals surface area (Å²) in [5.41, 5.74) is 5.09. The Morgan fingerprint density at radius 3 is 2.92 bits per heavy atom. The third-order valence-electron chi connectivity index (χ3n) is 4.98. The number of halogens is 1. The molecular formula is C21H18FN3O. The van der Waals surface area contributed by atoms with Gasteiger partial charge in [0.25, 0.3) is 0 Å². The van der Waals surface area contributed by atoms with Crippen molar-refractivity contribution >= 4 is 16.6 Å².